The smallest absolute Gasteiger partial charge is 0.266 e. The van der Waals surface area contributed by atoms with Crippen LogP contribution in [0.4, 0.5) is 30.4 Å². The number of likely N-dealkylation sites (N-methyl/N-ethyl adjacent to an activating group) is 2. The van der Waals surface area contributed by atoms with Gasteiger partial charge in [0.25, 0.3) is 6.43 Å². The van der Waals surface area contributed by atoms with E-state index in [0.717, 1.165) is 22.8 Å². The lowest BCUT2D eigenvalue weighted by molar-refractivity contribution is -0.119. The quantitative estimate of drug-likeness (QED) is 0.616. The number of amides is 1. The summed E-state index contributed by atoms with van der Waals surface area (Å²) < 4.78 is 40.9. The van der Waals surface area contributed by atoms with Gasteiger partial charge in [-0.1, -0.05) is 18.2 Å². The van der Waals surface area contributed by atoms with Gasteiger partial charge >= 0.3 is 0 Å². The summed E-state index contributed by atoms with van der Waals surface area (Å²) in [5, 5.41) is 13.1. The van der Waals surface area contributed by atoms with Crippen LogP contribution in [0.25, 0.3) is 10.8 Å². The van der Waals surface area contributed by atoms with Crippen molar-refractivity contribution in [2.75, 3.05) is 29.2 Å². The maximum Gasteiger partial charge on any atom is 0.266 e. The molecular formula is C23H24F3N5O. The standard InChI is InChI=1S/C23H24F3N5O/c1-11(14-7-6-8-15(20(14)24)21(25)26)27-22-17-10-19-18(9-16(17)12(2)28-29-22)30(4)13(3)23(32)31(19)5/h6-11,13,21H,1-5H3,(H,27,29)/t11-,13?/m1/s1. The van der Waals surface area contributed by atoms with Gasteiger partial charge in [0.15, 0.2) is 5.82 Å². The highest BCUT2D eigenvalue weighted by Crippen LogP contribution is 2.40. The van der Waals surface area contributed by atoms with E-state index in [2.05, 4.69) is 15.5 Å². The maximum absolute atomic E-state index is 14.6. The van der Waals surface area contributed by atoms with Gasteiger partial charge in [-0.25, -0.2) is 13.2 Å². The summed E-state index contributed by atoms with van der Waals surface area (Å²) in [5.41, 5.74) is 1.78. The van der Waals surface area contributed by atoms with Gasteiger partial charge < -0.3 is 15.1 Å². The zero-order valence-electron chi connectivity index (χ0n) is 18.4. The lowest BCUT2D eigenvalue weighted by atomic mass is 10.0. The molecule has 2 heterocycles. The summed E-state index contributed by atoms with van der Waals surface area (Å²) >= 11 is 0. The minimum Gasteiger partial charge on any atom is -0.361 e. The Balaban J connectivity index is 1.80. The summed E-state index contributed by atoms with van der Waals surface area (Å²) in [6.07, 6.45) is -2.90. The van der Waals surface area contributed by atoms with Gasteiger partial charge in [-0.3, -0.25) is 4.79 Å². The summed E-state index contributed by atoms with van der Waals surface area (Å²) in [6, 6.07) is 6.82. The van der Waals surface area contributed by atoms with Crippen molar-refractivity contribution in [3.63, 3.8) is 0 Å². The molecule has 9 heteroatoms. The van der Waals surface area contributed by atoms with Crippen LogP contribution in [0.1, 0.15) is 43.1 Å². The molecule has 1 unspecified atom stereocenters. The summed E-state index contributed by atoms with van der Waals surface area (Å²) in [7, 11) is 3.59. The van der Waals surface area contributed by atoms with Crippen LogP contribution in [0.15, 0.2) is 30.3 Å². The van der Waals surface area contributed by atoms with Crippen molar-refractivity contribution in [3.8, 4) is 0 Å². The molecule has 3 aromatic rings. The Morgan fingerprint density at radius 1 is 1.06 bits per heavy atom. The van der Waals surface area contributed by atoms with Crippen LogP contribution in [0.5, 0.6) is 0 Å². The molecule has 6 nitrogen and oxygen atoms in total. The largest absolute Gasteiger partial charge is 0.361 e. The fourth-order valence-corrected chi connectivity index (χ4v) is 4.09. The zero-order chi connectivity index (χ0) is 23.3. The molecule has 1 aromatic heterocycles. The molecule has 2 aromatic carbocycles. The van der Waals surface area contributed by atoms with E-state index >= 15 is 0 Å². The van der Waals surface area contributed by atoms with Crippen molar-refractivity contribution in [1.29, 1.82) is 0 Å². The predicted molar refractivity (Wildman–Crippen MR) is 119 cm³/mol. The number of anilines is 3. The van der Waals surface area contributed by atoms with E-state index in [-0.39, 0.29) is 17.5 Å². The van der Waals surface area contributed by atoms with Crippen LogP contribution in [0, 0.1) is 12.7 Å². The van der Waals surface area contributed by atoms with Gasteiger partial charge in [-0.15, -0.1) is 5.10 Å². The van der Waals surface area contributed by atoms with Crippen LogP contribution in [0.2, 0.25) is 0 Å². The highest BCUT2D eigenvalue weighted by molar-refractivity contribution is 6.09. The number of carbonyl (C=O) groups is 1. The monoisotopic (exact) mass is 443 g/mol. The van der Waals surface area contributed by atoms with Crippen molar-refractivity contribution in [1.82, 2.24) is 10.2 Å². The van der Waals surface area contributed by atoms with Gasteiger partial charge in [0.2, 0.25) is 5.91 Å². The average molecular weight is 443 g/mol. The number of aryl methyl sites for hydroxylation is 1. The molecule has 0 radical (unpaired) electrons. The molecule has 1 N–H and O–H groups in total. The minimum atomic E-state index is -2.90. The Morgan fingerprint density at radius 2 is 1.72 bits per heavy atom. The third-order valence-corrected chi connectivity index (χ3v) is 6.18. The molecule has 4 rings (SSSR count). The first kappa shape index (κ1) is 21.9. The number of nitrogens with zero attached hydrogens (tertiary/aromatic N) is 4. The van der Waals surface area contributed by atoms with E-state index in [1.54, 1.807) is 18.9 Å². The first-order chi connectivity index (χ1) is 15.1. The third kappa shape index (κ3) is 3.41. The predicted octanol–water partition coefficient (Wildman–Crippen LogP) is 4.99. The molecule has 0 saturated carbocycles. The molecule has 2 atom stereocenters. The molecular weight excluding hydrogens is 419 g/mol. The maximum atomic E-state index is 14.6. The zero-order valence-corrected chi connectivity index (χ0v) is 18.4. The van der Waals surface area contributed by atoms with Gasteiger partial charge in [-0.2, -0.15) is 5.10 Å². The molecule has 168 valence electrons. The summed E-state index contributed by atoms with van der Waals surface area (Å²) in [6.45, 7) is 5.35. The van der Waals surface area contributed by atoms with Crippen molar-refractivity contribution < 1.29 is 18.0 Å². The van der Waals surface area contributed by atoms with Gasteiger partial charge in [0.05, 0.1) is 28.7 Å². The van der Waals surface area contributed by atoms with Gasteiger partial charge in [0.1, 0.15) is 11.9 Å². The van der Waals surface area contributed by atoms with Crippen LogP contribution < -0.4 is 15.1 Å². The number of benzene rings is 2. The number of hydrogen-bond donors (Lipinski definition) is 1. The van der Waals surface area contributed by atoms with Crippen LogP contribution in [-0.2, 0) is 4.79 Å². The number of nitrogens with one attached hydrogen (secondary N) is 1. The van der Waals surface area contributed by atoms with Crippen LogP contribution in [-0.4, -0.2) is 36.2 Å². The summed E-state index contributed by atoms with van der Waals surface area (Å²) in [5.74, 6) is -0.595. The van der Waals surface area contributed by atoms with E-state index in [9.17, 15) is 18.0 Å². The van der Waals surface area contributed by atoms with Crippen molar-refractivity contribution >= 4 is 33.9 Å². The SMILES string of the molecule is Cc1nnc(N[C@H](C)c2cccc(C(F)F)c2F)c2cc3c(cc12)N(C)C(C)C(=O)N3C. The highest BCUT2D eigenvalue weighted by atomic mass is 19.3. The number of aromatic nitrogens is 2. The van der Waals surface area contributed by atoms with Gasteiger partial charge in [-0.05, 0) is 32.9 Å². The average Bonchev–Trinajstić information content (AvgIpc) is 2.77. The lowest BCUT2D eigenvalue weighted by Gasteiger charge is -2.38. The summed E-state index contributed by atoms with van der Waals surface area (Å²) in [4.78, 5) is 16.1. The molecule has 0 aliphatic carbocycles. The number of fused-ring (bicyclic) bond motifs is 2. The second-order valence-corrected chi connectivity index (χ2v) is 8.12. The Labute approximate surface area is 184 Å². The van der Waals surface area contributed by atoms with Crippen molar-refractivity contribution in [2.24, 2.45) is 0 Å². The topological polar surface area (TPSA) is 61.4 Å². The lowest BCUT2D eigenvalue weighted by Crippen LogP contribution is -2.48. The molecule has 0 spiro atoms. The Kier molecular flexibility index (Phi) is 5.44. The minimum absolute atomic E-state index is 0.0353. The van der Waals surface area contributed by atoms with Gasteiger partial charge in [0, 0.05) is 30.4 Å². The van der Waals surface area contributed by atoms with Crippen molar-refractivity contribution in [3.05, 3.63) is 53.0 Å². The van der Waals surface area contributed by atoms with Crippen molar-refractivity contribution in [2.45, 2.75) is 39.3 Å². The molecule has 1 aliphatic heterocycles. The number of alkyl halides is 2. The molecule has 32 heavy (non-hydrogen) atoms. The molecule has 0 saturated heterocycles. The second-order valence-electron chi connectivity index (χ2n) is 8.12. The fraction of sp³-hybridized carbons (Fsp3) is 0.348. The van der Waals surface area contributed by atoms with E-state index in [1.165, 1.54) is 12.1 Å². The highest BCUT2D eigenvalue weighted by Gasteiger charge is 2.32. The molecule has 1 aliphatic rings. The first-order valence-electron chi connectivity index (χ1n) is 10.3. The Hall–Kier alpha value is -3.36. The van der Waals surface area contributed by atoms with E-state index in [0.29, 0.717) is 16.9 Å². The number of carbonyl (C=O) groups excluding carboxylic acids is 1. The normalized spacial score (nSPS) is 17.2. The molecule has 0 bridgehead atoms. The fourth-order valence-electron chi connectivity index (χ4n) is 4.09. The second kappa shape index (κ2) is 7.96. The van der Waals surface area contributed by atoms with Crippen LogP contribution >= 0.6 is 0 Å². The van der Waals surface area contributed by atoms with E-state index in [1.807, 2.05) is 37.9 Å². The first-order valence-corrected chi connectivity index (χ1v) is 10.3. The Morgan fingerprint density at radius 3 is 2.41 bits per heavy atom. The van der Waals surface area contributed by atoms with Crippen LogP contribution in [0.3, 0.4) is 0 Å². The van der Waals surface area contributed by atoms with E-state index in [4.69, 9.17) is 0 Å². The van der Waals surface area contributed by atoms with E-state index < -0.39 is 23.8 Å². The molecule has 1 amide bonds. The number of hydrogen-bond acceptors (Lipinski definition) is 5. The third-order valence-electron chi connectivity index (χ3n) is 6.18. The number of rotatable bonds is 4. The number of halogens is 3. The molecule has 0 fully saturated rings. The Bertz CT molecular complexity index is 1220.